The van der Waals surface area contributed by atoms with Crippen LogP contribution in [-0.2, 0) is 4.79 Å². The predicted octanol–water partition coefficient (Wildman–Crippen LogP) is 3.17. The largest absolute Gasteiger partial charge is 0.495 e. The monoisotopic (exact) mass is 507 g/mol. The van der Waals surface area contributed by atoms with Gasteiger partial charge in [0.15, 0.2) is 5.82 Å². The Kier molecular flexibility index (Phi) is 7.19. The van der Waals surface area contributed by atoms with E-state index in [2.05, 4.69) is 32.5 Å². The number of benzene rings is 1. The summed E-state index contributed by atoms with van der Waals surface area (Å²) in [6, 6.07) is 5.55. The van der Waals surface area contributed by atoms with Crippen LogP contribution in [0, 0.1) is 0 Å². The second-order valence-corrected chi connectivity index (χ2v) is 10.4. The van der Waals surface area contributed by atoms with Gasteiger partial charge in [0.1, 0.15) is 17.5 Å². The smallest absolute Gasteiger partial charge is 0.251 e. The lowest BCUT2D eigenvalue weighted by molar-refractivity contribution is -0.119. The van der Waals surface area contributed by atoms with Crippen LogP contribution in [0.15, 0.2) is 24.4 Å². The Labute approximate surface area is 218 Å². The van der Waals surface area contributed by atoms with Crippen molar-refractivity contribution in [1.82, 2.24) is 20.2 Å². The third kappa shape index (κ3) is 5.07. The van der Waals surface area contributed by atoms with Gasteiger partial charge in [-0.1, -0.05) is 12.8 Å². The molecule has 0 radical (unpaired) electrons. The molecule has 37 heavy (non-hydrogen) atoms. The number of likely N-dealkylation sites (tertiary alicyclic amines) is 1. The van der Waals surface area contributed by atoms with Gasteiger partial charge in [-0.15, -0.1) is 0 Å². The molecule has 1 aromatic heterocycles. The van der Waals surface area contributed by atoms with Crippen molar-refractivity contribution in [2.24, 2.45) is 0 Å². The van der Waals surface area contributed by atoms with Crippen molar-refractivity contribution in [2.45, 2.75) is 63.6 Å². The van der Waals surface area contributed by atoms with Crippen molar-refractivity contribution >= 4 is 35.0 Å². The number of likely N-dealkylation sites (N-methyl/N-ethyl adjacent to an activating group) is 1. The van der Waals surface area contributed by atoms with Crippen LogP contribution in [0.5, 0.6) is 5.75 Å². The number of anilines is 4. The Hall–Kier alpha value is -3.40. The van der Waals surface area contributed by atoms with Gasteiger partial charge in [-0.3, -0.25) is 9.59 Å². The first-order valence-electron chi connectivity index (χ1n) is 13.2. The van der Waals surface area contributed by atoms with E-state index in [9.17, 15) is 9.59 Å². The number of amides is 2. The third-order valence-corrected chi connectivity index (χ3v) is 7.94. The van der Waals surface area contributed by atoms with Crippen LogP contribution >= 0.6 is 0 Å². The highest BCUT2D eigenvalue weighted by atomic mass is 16.5. The molecule has 1 atom stereocenters. The number of nitrogens with one attached hydrogen (secondary N) is 2. The molecule has 0 spiro atoms. The molecule has 2 fully saturated rings. The fourth-order valence-corrected chi connectivity index (χ4v) is 5.70. The summed E-state index contributed by atoms with van der Waals surface area (Å²) in [6.45, 7) is 3.92. The molecule has 2 N–H and O–H groups in total. The molecular weight excluding hydrogens is 470 g/mol. The van der Waals surface area contributed by atoms with Gasteiger partial charge in [0.2, 0.25) is 11.9 Å². The van der Waals surface area contributed by atoms with E-state index in [1.54, 1.807) is 37.4 Å². The Bertz CT molecular complexity index is 1160. The number of nitrogens with zero attached hydrogens (tertiary/aromatic N) is 5. The third-order valence-electron chi connectivity index (χ3n) is 7.94. The fraction of sp³-hybridized carbons (Fsp3) is 0.556. The Balaban J connectivity index is 1.36. The summed E-state index contributed by atoms with van der Waals surface area (Å²) in [5.41, 5.74) is 1.93. The zero-order chi connectivity index (χ0) is 26.1. The van der Waals surface area contributed by atoms with Gasteiger partial charge in [0.05, 0.1) is 19.0 Å². The average molecular weight is 508 g/mol. The summed E-state index contributed by atoms with van der Waals surface area (Å²) in [5, 5.41) is 6.41. The van der Waals surface area contributed by atoms with E-state index in [1.807, 2.05) is 13.0 Å². The molecule has 1 saturated heterocycles. The molecule has 1 aromatic carbocycles. The molecule has 0 unspecified atom stereocenters. The number of rotatable bonds is 6. The lowest BCUT2D eigenvalue weighted by Crippen LogP contribution is -2.54. The van der Waals surface area contributed by atoms with Crippen molar-refractivity contribution in [3.63, 3.8) is 0 Å². The van der Waals surface area contributed by atoms with E-state index < -0.39 is 0 Å². The zero-order valence-corrected chi connectivity index (χ0v) is 22.2. The number of carbonyl (C=O) groups is 2. The van der Waals surface area contributed by atoms with Crippen molar-refractivity contribution in [3.05, 3.63) is 30.0 Å². The SMILES string of the molecule is COc1cc(C(=O)NC2CCN(C)CC2)ccc1Nc1ncc2c(n1)N(C1CCCC1)[C@@H](C)C(=O)N2C. The fourth-order valence-electron chi connectivity index (χ4n) is 5.70. The number of hydrogen-bond acceptors (Lipinski definition) is 8. The summed E-state index contributed by atoms with van der Waals surface area (Å²) in [5.74, 6) is 1.68. The van der Waals surface area contributed by atoms with E-state index in [-0.39, 0.29) is 23.9 Å². The number of piperidine rings is 1. The summed E-state index contributed by atoms with van der Waals surface area (Å²) in [4.78, 5) is 41.2. The lowest BCUT2D eigenvalue weighted by Gasteiger charge is -2.42. The first kappa shape index (κ1) is 25.3. The van der Waals surface area contributed by atoms with Gasteiger partial charge in [-0.25, -0.2) is 4.98 Å². The van der Waals surface area contributed by atoms with Crippen LogP contribution in [0.4, 0.5) is 23.1 Å². The molecule has 198 valence electrons. The number of methoxy groups -OCH3 is 1. The number of carbonyl (C=O) groups excluding carboxylic acids is 2. The van der Waals surface area contributed by atoms with Gasteiger partial charge >= 0.3 is 0 Å². The number of hydrogen-bond donors (Lipinski definition) is 2. The highest BCUT2D eigenvalue weighted by Gasteiger charge is 2.39. The average Bonchev–Trinajstić information content (AvgIpc) is 3.43. The van der Waals surface area contributed by atoms with Crippen molar-refractivity contribution in [2.75, 3.05) is 49.4 Å². The first-order chi connectivity index (χ1) is 17.9. The molecule has 3 heterocycles. The van der Waals surface area contributed by atoms with Crippen LogP contribution in [0.1, 0.15) is 55.8 Å². The minimum absolute atomic E-state index is 0.0551. The number of fused-ring (bicyclic) bond motifs is 1. The normalized spacial score (nSPS) is 21.2. The van der Waals surface area contributed by atoms with E-state index in [4.69, 9.17) is 9.72 Å². The summed E-state index contributed by atoms with van der Waals surface area (Å²) in [7, 11) is 5.46. The molecule has 10 heteroatoms. The maximum Gasteiger partial charge on any atom is 0.251 e. The Morgan fingerprint density at radius 3 is 2.54 bits per heavy atom. The van der Waals surface area contributed by atoms with Gasteiger partial charge in [-0.05, 0) is 70.9 Å². The maximum absolute atomic E-state index is 12.9. The minimum atomic E-state index is -0.278. The molecular formula is C27H37N7O3. The van der Waals surface area contributed by atoms with Crippen molar-refractivity contribution in [3.8, 4) is 5.75 Å². The Morgan fingerprint density at radius 1 is 1.11 bits per heavy atom. The molecule has 1 saturated carbocycles. The quantitative estimate of drug-likeness (QED) is 0.615. The molecule has 0 bridgehead atoms. The zero-order valence-electron chi connectivity index (χ0n) is 22.2. The van der Waals surface area contributed by atoms with Gasteiger partial charge < -0.3 is 30.1 Å². The molecule has 3 aliphatic rings. The highest BCUT2D eigenvalue weighted by Crippen LogP contribution is 2.39. The second-order valence-electron chi connectivity index (χ2n) is 10.4. The molecule has 10 nitrogen and oxygen atoms in total. The summed E-state index contributed by atoms with van der Waals surface area (Å²) < 4.78 is 5.61. The summed E-state index contributed by atoms with van der Waals surface area (Å²) >= 11 is 0. The molecule has 2 aliphatic heterocycles. The molecule has 1 aliphatic carbocycles. The van der Waals surface area contributed by atoms with E-state index in [0.29, 0.717) is 34.7 Å². The van der Waals surface area contributed by atoms with Crippen LogP contribution < -0.4 is 25.2 Å². The van der Waals surface area contributed by atoms with Crippen molar-refractivity contribution in [1.29, 1.82) is 0 Å². The van der Waals surface area contributed by atoms with Crippen LogP contribution in [0.25, 0.3) is 0 Å². The molecule has 2 amide bonds. The predicted molar refractivity (Wildman–Crippen MR) is 144 cm³/mol. The Morgan fingerprint density at radius 2 is 1.84 bits per heavy atom. The van der Waals surface area contributed by atoms with Crippen LogP contribution in [0.2, 0.25) is 0 Å². The van der Waals surface area contributed by atoms with Crippen LogP contribution in [0.3, 0.4) is 0 Å². The standard InChI is InChI=1S/C27H37N7O3/c1-17-26(36)33(3)22-16-28-27(31-24(22)34(17)20-7-5-6-8-20)30-21-10-9-18(15-23(21)37-4)25(35)29-19-11-13-32(2)14-12-19/h9-10,15-17,19-20H,5-8,11-14H2,1-4H3,(H,29,35)(H,28,30,31)/t17-/m0/s1. The van der Waals surface area contributed by atoms with Gasteiger partial charge in [0.25, 0.3) is 5.91 Å². The lowest BCUT2D eigenvalue weighted by atomic mass is 10.0. The molecule has 2 aromatic rings. The first-order valence-corrected chi connectivity index (χ1v) is 13.2. The van der Waals surface area contributed by atoms with E-state index in [1.165, 1.54) is 12.8 Å². The van der Waals surface area contributed by atoms with E-state index >= 15 is 0 Å². The highest BCUT2D eigenvalue weighted by molar-refractivity contribution is 6.04. The topological polar surface area (TPSA) is 103 Å². The maximum atomic E-state index is 12.9. The second kappa shape index (κ2) is 10.5. The number of ether oxygens (including phenoxy) is 1. The summed E-state index contributed by atoms with van der Waals surface area (Å²) in [6.07, 6.45) is 8.05. The van der Waals surface area contributed by atoms with Crippen molar-refractivity contribution < 1.29 is 14.3 Å². The van der Waals surface area contributed by atoms with E-state index in [0.717, 1.165) is 44.6 Å². The van der Waals surface area contributed by atoms with Crippen LogP contribution in [-0.4, -0.2) is 79.1 Å². The van der Waals surface area contributed by atoms with Gasteiger partial charge in [-0.2, -0.15) is 4.98 Å². The minimum Gasteiger partial charge on any atom is -0.495 e. The number of aromatic nitrogens is 2. The van der Waals surface area contributed by atoms with Gasteiger partial charge in [0, 0.05) is 24.7 Å². The molecule has 5 rings (SSSR count).